The summed E-state index contributed by atoms with van der Waals surface area (Å²) in [5.41, 5.74) is 0. The molecule has 1 radical (unpaired) electrons. The topological polar surface area (TPSA) is 115 Å². The van der Waals surface area contributed by atoms with Gasteiger partial charge in [-0.15, -0.1) is 0 Å². The van der Waals surface area contributed by atoms with E-state index in [4.69, 9.17) is 9.79 Å². The van der Waals surface area contributed by atoms with Gasteiger partial charge in [-0.25, -0.2) is 4.57 Å². The van der Waals surface area contributed by atoms with Gasteiger partial charge in [0.05, 0.1) is 0 Å². The summed E-state index contributed by atoms with van der Waals surface area (Å²) < 4.78 is 14.4. The van der Waals surface area contributed by atoms with Crippen LogP contribution in [0.3, 0.4) is 0 Å². The van der Waals surface area contributed by atoms with E-state index in [0.717, 1.165) is 12.8 Å². The molecule has 27 heavy (non-hydrogen) atoms. The molecule has 0 atom stereocenters. The van der Waals surface area contributed by atoms with Crippen LogP contribution in [0.1, 0.15) is 111 Å². The molecule has 9 heteroatoms. The minimum atomic E-state index is -4.66. The quantitative estimate of drug-likeness (QED) is 0.209. The van der Waals surface area contributed by atoms with Crippen molar-refractivity contribution in [2.24, 2.45) is 0 Å². The summed E-state index contributed by atoms with van der Waals surface area (Å²) in [5.74, 6) is -0.807. The van der Waals surface area contributed by atoms with Gasteiger partial charge in [-0.3, -0.25) is 14.6 Å². The minimum absolute atomic E-state index is 0. The van der Waals surface area contributed by atoms with Gasteiger partial charge in [0.2, 0.25) is 0 Å². The second-order valence-electron chi connectivity index (χ2n) is 6.65. The van der Waals surface area contributed by atoms with E-state index in [2.05, 4.69) is 11.4 Å². The molecule has 0 spiro atoms. The number of carbonyl (C=O) groups excluding carboxylic acids is 1. The molecule has 0 amide bonds. The summed E-state index contributed by atoms with van der Waals surface area (Å²) in [6, 6.07) is 0. The summed E-state index contributed by atoms with van der Waals surface area (Å²) >= 11 is 0. The van der Waals surface area contributed by atoms with Crippen LogP contribution in [0.15, 0.2) is 0 Å². The van der Waals surface area contributed by atoms with E-state index in [-0.39, 0.29) is 49.5 Å². The zero-order valence-corrected chi connectivity index (χ0v) is 20.8. The average Bonchev–Trinajstić information content (AvgIpc) is 2.49. The van der Waals surface area contributed by atoms with Crippen LogP contribution in [-0.2, 0) is 13.9 Å². The van der Waals surface area contributed by atoms with Crippen molar-refractivity contribution in [3.05, 3.63) is 0 Å². The second-order valence-corrected chi connectivity index (χ2v) is 7.82. The number of carbonyl (C=O) groups is 1. The maximum atomic E-state index is 11.1. The Bertz CT molecular complexity index is 361. The molecular formula is C18H42AlLiO6P. The Balaban J connectivity index is -0.000000441. The van der Waals surface area contributed by atoms with Crippen molar-refractivity contribution in [3.63, 3.8) is 0 Å². The summed E-state index contributed by atoms with van der Waals surface area (Å²) in [4.78, 5) is 28.0. The zero-order chi connectivity index (χ0) is 18.1. The van der Waals surface area contributed by atoms with Gasteiger partial charge in [0.25, 0.3) is 0 Å². The number of hydrogen-bond donors (Lipinski definition) is 2. The van der Waals surface area contributed by atoms with Crippen LogP contribution in [0.2, 0.25) is 0 Å². The molecule has 0 heterocycles. The Hall–Kier alpha value is 0.710. The van der Waals surface area contributed by atoms with Crippen molar-refractivity contribution in [2.75, 3.05) is 0 Å². The molecule has 4 N–H and O–H groups in total. The first-order chi connectivity index (χ1) is 11.5. The molecule has 0 bridgehead atoms. The van der Waals surface area contributed by atoms with Crippen molar-refractivity contribution in [3.8, 4) is 0 Å². The van der Waals surface area contributed by atoms with E-state index in [0.29, 0.717) is 6.42 Å². The van der Waals surface area contributed by atoms with Crippen molar-refractivity contribution in [1.29, 1.82) is 0 Å². The molecule has 0 rings (SSSR count). The fourth-order valence-corrected chi connectivity index (χ4v) is 3.18. The van der Waals surface area contributed by atoms with Crippen LogP contribution in [0.25, 0.3) is 0 Å². The SMILES string of the molecule is CCCCCCCCCCCCCCCCCC(=O)OP(=O)(O)O.O.[AlH2].[H-].[Li+]. The molecule has 0 aromatic rings. The predicted octanol–water partition coefficient (Wildman–Crippen LogP) is 1.26. The fraction of sp³-hybridized carbons (Fsp3) is 0.944. The van der Waals surface area contributed by atoms with E-state index in [1.165, 1.54) is 77.0 Å². The Morgan fingerprint density at radius 1 is 0.778 bits per heavy atom. The van der Waals surface area contributed by atoms with E-state index in [1.807, 2.05) is 0 Å². The molecule has 6 nitrogen and oxygen atoms in total. The molecule has 0 unspecified atom stereocenters. The Labute approximate surface area is 189 Å². The second kappa shape index (κ2) is 24.7. The maximum Gasteiger partial charge on any atom is 1.00 e. The van der Waals surface area contributed by atoms with E-state index < -0.39 is 13.8 Å². The molecule has 0 aliphatic heterocycles. The first-order valence-corrected chi connectivity index (χ1v) is 11.3. The predicted molar refractivity (Wildman–Crippen MR) is 111 cm³/mol. The third-order valence-corrected chi connectivity index (χ3v) is 4.65. The number of rotatable bonds is 17. The fourth-order valence-electron chi connectivity index (χ4n) is 2.82. The largest absolute Gasteiger partial charge is 1.00 e. The number of phosphoric ester groups is 1. The summed E-state index contributed by atoms with van der Waals surface area (Å²) in [7, 11) is -4.66. The molecule has 0 aromatic heterocycles. The smallest absolute Gasteiger partial charge is 1.00 e. The zero-order valence-electron chi connectivity index (χ0n) is 18.9. The van der Waals surface area contributed by atoms with Gasteiger partial charge in [0.15, 0.2) is 0 Å². The molecule has 0 fully saturated rings. The van der Waals surface area contributed by atoms with Gasteiger partial charge in [0, 0.05) is 6.42 Å². The first kappa shape index (κ1) is 35.2. The minimum Gasteiger partial charge on any atom is -1.00 e. The van der Waals surface area contributed by atoms with Crippen molar-refractivity contribution >= 4 is 31.2 Å². The monoisotopic (exact) mass is 419 g/mol. The molecule has 0 aromatic carbocycles. The van der Waals surface area contributed by atoms with Gasteiger partial charge in [0.1, 0.15) is 17.4 Å². The van der Waals surface area contributed by atoms with Crippen molar-refractivity contribution in [2.45, 2.75) is 110 Å². The van der Waals surface area contributed by atoms with Gasteiger partial charge >= 0.3 is 32.7 Å². The third kappa shape index (κ3) is 31.6. The van der Waals surface area contributed by atoms with Crippen LogP contribution in [0.5, 0.6) is 0 Å². The number of hydrogen-bond acceptors (Lipinski definition) is 3. The number of unbranched alkanes of at least 4 members (excludes halogenated alkanes) is 14. The number of phosphoric acid groups is 1. The molecule has 0 saturated carbocycles. The van der Waals surface area contributed by atoms with Gasteiger partial charge < -0.3 is 11.4 Å². The third-order valence-electron chi connectivity index (χ3n) is 4.21. The molecule has 0 saturated heterocycles. The van der Waals surface area contributed by atoms with Gasteiger partial charge in [-0.1, -0.05) is 96.8 Å². The van der Waals surface area contributed by atoms with Crippen LogP contribution in [-0.4, -0.2) is 38.6 Å². The van der Waals surface area contributed by atoms with Crippen LogP contribution in [0, 0.1) is 0 Å². The van der Waals surface area contributed by atoms with Crippen molar-refractivity contribution in [1.82, 2.24) is 0 Å². The van der Waals surface area contributed by atoms with Crippen molar-refractivity contribution < 1.29 is 49.4 Å². The first-order valence-electron chi connectivity index (χ1n) is 9.73. The molecular weight excluding hydrogens is 377 g/mol. The van der Waals surface area contributed by atoms with E-state index in [9.17, 15) is 9.36 Å². The summed E-state index contributed by atoms with van der Waals surface area (Å²) in [6.07, 6.45) is 18.7. The molecule has 0 aliphatic rings. The van der Waals surface area contributed by atoms with Gasteiger partial charge in [-0.2, -0.15) is 0 Å². The van der Waals surface area contributed by atoms with Crippen LogP contribution < -0.4 is 18.9 Å². The normalized spacial score (nSPS) is 10.3. The Kier molecular flexibility index (Phi) is 32.2. The van der Waals surface area contributed by atoms with Crippen LogP contribution in [0.4, 0.5) is 0 Å². The standard InChI is InChI=1S/C18H37O5P.Al.Li.H2O.3H/c1-2-3-4-5-6-7-8-9-10-11-12-13-14-15-16-17-18(19)23-24(20,21)22;;;;;;/h2-17H2,1H3,(H2,20,21,22);;;1H2;;;/q;;+1;;;;-1. The average molecular weight is 419 g/mol. The molecule has 159 valence electrons. The van der Waals surface area contributed by atoms with E-state index >= 15 is 0 Å². The summed E-state index contributed by atoms with van der Waals surface area (Å²) in [5, 5.41) is 0. The van der Waals surface area contributed by atoms with Gasteiger partial charge in [-0.05, 0) is 6.42 Å². The Morgan fingerprint density at radius 3 is 1.37 bits per heavy atom. The Morgan fingerprint density at radius 2 is 1.07 bits per heavy atom. The van der Waals surface area contributed by atoms with E-state index in [1.54, 1.807) is 0 Å². The summed E-state index contributed by atoms with van der Waals surface area (Å²) in [6.45, 7) is 2.25. The molecule has 0 aliphatic carbocycles. The maximum absolute atomic E-state index is 11.1. The van der Waals surface area contributed by atoms with Crippen LogP contribution >= 0.6 is 7.82 Å².